The van der Waals surface area contributed by atoms with E-state index in [-0.39, 0.29) is 39.4 Å². The molecular weight excluding hydrogens is 652 g/mol. The van der Waals surface area contributed by atoms with E-state index in [1.807, 2.05) is 114 Å². The highest BCUT2D eigenvalue weighted by Crippen LogP contribution is 2.33. The minimum Gasteiger partial charge on any atom is -0.381 e. The van der Waals surface area contributed by atoms with Gasteiger partial charge in [-0.05, 0) is 58.0 Å². The predicted octanol–water partition coefficient (Wildman–Crippen LogP) is 7.19. The number of methoxy groups -OCH3 is 1. The molecule has 0 bridgehead atoms. The van der Waals surface area contributed by atoms with E-state index >= 15 is 0 Å². The summed E-state index contributed by atoms with van der Waals surface area (Å²) in [7, 11) is 7.61. The van der Waals surface area contributed by atoms with Crippen molar-refractivity contribution < 1.29 is 23.9 Å². The third kappa shape index (κ3) is 26.5. The Morgan fingerprint density at radius 1 is 0.788 bits per heavy atom. The van der Waals surface area contributed by atoms with Crippen molar-refractivity contribution in [1.29, 1.82) is 0 Å². The molecule has 0 radical (unpaired) electrons. The van der Waals surface area contributed by atoms with E-state index in [0.29, 0.717) is 24.8 Å². The number of rotatable bonds is 9. The van der Waals surface area contributed by atoms with Crippen LogP contribution >= 0.6 is 0 Å². The van der Waals surface area contributed by atoms with E-state index in [9.17, 15) is 19.2 Å². The van der Waals surface area contributed by atoms with Gasteiger partial charge in [-0.25, -0.2) is 4.85 Å². The highest BCUT2D eigenvalue weighted by atomic mass is 16.5. The maximum Gasteiger partial charge on any atom is 0.226 e. The largest absolute Gasteiger partial charge is 0.381 e. The molecule has 1 saturated heterocycles. The third-order valence-electron chi connectivity index (χ3n) is 7.57. The second-order valence-electron chi connectivity index (χ2n) is 17.8. The average Bonchev–Trinajstić information content (AvgIpc) is 3.84. The normalized spacial score (nSPS) is 16.0. The van der Waals surface area contributed by atoms with Crippen molar-refractivity contribution in [2.24, 2.45) is 27.6 Å². The molecule has 52 heavy (non-hydrogen) atoms. The quantitative estimate of drug-likeness (QED) is 0.107. The number of ketones is 4. The molecule has 0 aromatic heterocycles. The Kier molecular flexibility index (Phi) is 23.7. The Bertz CT molecular complexity index is 1320. The number of likely N-dealkylation sites (N-methyl/N-ethyl adjacent to an activating group) is 1. The van der Waals surface area contributed by atoms with Gasteiger partial charge in [0.25, 0.3) is 0 Å². The molecule has 0 atom stereocenters. The van der Waals surface area contributed by atoms with Gasteiger partial charge in [0.15, 0.2) is 17.3 Å². The summed E-state index contributed by atoms with van der Waals surface area (Å²) in [4.78, 5) is 55.7. The Morgan fingerprint density at radius 2 is 1.27 bits per heavy atom. The van der Waals surface area contributed by atoms with Crippen LogP contribution in [0.1, 0.15) is 95.9 Å². The summed E-state index contributed by atoms with van der Waals surface area (Å²) >= 11 is 0. The lowest BCUT2D eigenvalue weighted by Crippen LogP contribution is -2.44. The second-order valence-corrected chi connectivity index (χ2v) is 17.8. The van der Waals surface area contributed by atoms with E-state index in [4.69, 9.17) is 11.3 Å². The highest BCUT2D eigenvalue weighted by molar-refractivity contribution is 6.00. The Labute approximate surface area is 318 Å². The molecule has 0 N–H and O–H groups in total. The zero-order chi connectivity index (χ0) is 40.9. The smallest absolute Gasteiger partial charge is 0.226 e. The Morgan fingerprint density at radius 3 is 1.63 bits per heavy atom. The van der Waals surface area contributed by atoms with Gasteiger partial charge in [0.2, 0.25) is 11.5 Å². The molecule has 2 aliphatic rings. The van der Waals surface area contributed by atoms with Gasteiger partial charge in [-0.15, -0.1) is 0 Å². The van der Waals surface area contributed by atoms with E-state index in [2.05, 4.69) is 33.5 Å². The van der Waals surface area contributed by atoms with Gasteiger partial charge in [-0.1, -0.05) is 107 Å². The monoisotopic (exact) mass is 725 g/mol. The number of nitrogens with zero attached hydrogens (tertiary/aromatic N) is 4. The number of ether oxygens (including phenoxy) is 1. The predicted molar refractivity (Wildman–Crippen MR) is 216 cm³/mol. The maximum atomic E-state index is 11.7. The molecule has 0 spiro atoms. The first-order valence-corrected chi connectivity index (χ1v) is 18.3. The molecule has 2 fully saturated rings. The summed E-state index contributed by atoms with van der Waals surface area (Å²) in [5, 5.41) is 0. The first-order chi connectivity index (χ1) is 23.7. The third-order valence-corrected chi connectivity index (χ3v) is 7.57. The average molecular weight is 725 g/mol. The van der Waals surface area contributed by atoms with Crippen LogP contribution in [0.15, 0.2) is 36.1 Å². The fourth-order valence-corrected chi connectivity index (χ4v) is 3.59. The minimum absolute atomic E-state index is 0.00403. The lowest BCUT2D eigenvalue weighted by Gasteiger charge is -2.31. The zero-order valence-corrected chi connectivity index (χ0v) is 35.7. The number of allylic oxidation sites excluding steroid dienone is 4. The van der Waals surface area contributed by atoms with Crippen molar-refractivity contribution in [3.8, 4) is 11.8 Å². The van der Waals surface area contributed by atoms with Crippen molar-refractivity contribution in [3.05, 3.63) is 47.5 Å². The molecule has 0 aromatic rings. The molecule has 2 rings (SSSR count). The number of hydrogen-bond acceptors (Lipinski definition) is 8. The fraction of sp³-hybridized carbons (Fsp3) is 0.698. The SMILES string of the molecule is CN(C)CC#CC(=O)C(C)(C)C.CN1CCN(C/C=C/C(=O)C(C)(C)C)CC1.COC/C=C/C(=O)C(C)(C)C.[C-]#[N+]/C(=C\C1CC1)C(=O)C(C)(C)C. The molecular formula is C43H72N4O5. The van der Waals surface area contributed by atoms with Gasteiger partial charge in [-0.3, -0.25) is 24.2 Å². The molecule has 1 aliphatic heterocycles. The number of carbonyl (C=O) groups is 4. The van der Waals surface area contributed by atoms with Crippen LogP contribution in [0.5, 0.6) is 0 Å². The van der Waals surface area contributed by atoms with Crippen LogP contribution in [0.25, 0.3) is 4.85 Å². The number of carbonyl (C=O) groups excluding carboxylic acids is 4. The van der Waals surface area contributed by atoms with Crippen molar-refractivity contribution in [2.75, 3.05) is 74.1 Å². The van der Waals surface area contributed by atoms with Crippen molar-refractivity contribution in [2.45, 2.75) is 95.9 Å². The van der Waals surface area contributed by atoms with E-state index in [0.717, 1.165) is 45.6 Å². The summed E-state index contributed by atoms with van der Waals surface area (Å²) in [6, 6.07) is 0. The molecule has 1 saturated carbocycles. The van der Waals surface area contributed by atoms with Crippen LogP contribution in [-0.2, 0) is 23.9 Å². The van der Waals surface area contributed by atoms with Crippen LogP contribution in [-0.4, -0.2) is 112 Å². The molecule has 9 nitrogen and oxygen atoms in total. The number of piperazine rings is 1. The lowest BCUT2D eigenvalue weighted by molar-refractivity contribution is -0.122. The van der Waals surface area contributed by atoms with Gasteiger partial charge in [-0.2, -0.15) is 0 Å². The fourth-order valence-electron chi connectivity index (χ4n) is 3.59. The van der Waals surface area contributed by atoms with Gasteiger partial charge in [0.05, 0.1) is 19.7 Å². The first kappa shape index (κ1) is 50.9. The number of Topliss-reactive ketones (excluding diaryl/α,β-unsaturated/α-hetero) is 2. The number of hydrogen-bond donors (Lipinski definition) is 0. The van der Waals surface area contributed by atoms with Gasteiger partial charge in [0, 0.05) is 61.5 Å². The van der Waals surface area contributed by atoms with Crippen LogP contribution in [0.2, 0.25) is 0 Å². The van der Waals surface area contributed by atoms with E-state index < -0.39 is 5.41 Å². The summed E-state index contributed by atoms with van der Waals surface area (Å²) in [5.41, 5.74) is -0.956. The van der Waals surface area contributed by atoms with Gasteiger partial charge < -0.3 is 14.4 Å². The lowest BCUT2D eigenvalue weighted by atomic mass is 9.88. The Hall–Kier alpha value is -3.21. The van der Waals surface area contributed by atoms with Crippen LogP contribution < -0.4 is 0 Å². The second kappa shape index (κ2) is 24.2. The highest BCUT2D eigenvalue weighted by Gasteiger charge is 2.28. The summed E-state index contributed by atoms with van der Waals surface area (Å²) < 4.78 is 4.77. The maximum absolute atomic E-state index is 11.7. The van der Waals surface area contributed by atoms with Crippen LogP contribution in [0, 0.1) is 46.0 Å². The molecule has 1 aliphatic carbocycles. The standard InChI is InChI=1S/C13H24N2O.C11H15NO.C10H17NO.C9H16O2/c1-13(2,3)12(16)6-5-7-15-10-8-14(4)9-11-15;1-11(2,3)10(13)9(12-4)7-8-5-6-8;1-10(2,3)9(12)7-6-8-11(4)5;1-9(2,3)8(10)6-5-7-11-4/h5-6H,7-11H2,1-4H3;7-8H,5-6H2,1-3H3;8H2,1-5H3;5-6H,7H2,1-4H3/b6-5+;9-7-;;6-5+. The van der Waals surface area contributed by atoms with Crippen molar-refractivity contribution in [3.63, 3.8) is 0 Å². The van der Waals surface area contributed by atoms with Crippen LogP contribution in [0.3, 0.4) is 0 Å². The van der Waals surface area contributed by atoms with Crippen molar-refractivity contribution >= 4 is 23.1 Å². The van der Waals surface area contributed by atoms with E-state index in [1.165, 1.54) is 0 Å². The first-order valence-electron chi connectivity index (χ1n) is 18.3. The Balaban J connectivity index is 0. The summed E-state index contributed by atoms with van der Waals surface area (Å²) in [6.45, 7) is 36.1. The molecule has 1 heterocycles. The summed E-state index contributed by atoms with van der Waals surface area (Å²) in [5.74, 6) is 6.25. The molecule has 0 amide bonds. The topological polar surface area (TPSA) is 91.6 Å². The zero-order valence-electron chi connectivity index (χ0n) is 35.7. The van der Waals surface area contributed by atoms with Gasteiger partial charge in [0.1, 0.15) is 0 Å². The minimum atomic E-state index is -0.425. The molecule has 0 unspecified atom stereocenters. The molecule has 0 aromatic carbocycles. The van der Waals surface area contributed by atoms with Crippen molar-refractivity contribution in [1.82, 2.24) is 14.7 Å². The van der Waals surface area contributed by atoms with Crippen LogP contribution in [0.4, 0.5) is 0 Å². The molecule has 9 heteroatoms. The van der Waals surface area contributed by atoms with E-state index in [1.54, 1.807) is 25.3 Å². The molecule has 294 valence electrons. The van der Waals surface area contributed by atoms with Gasteiger partial charge >= 0.3 is 0 Å². The summed E-state index contributed by atoms with van der Waals surface area (Å²) in [6.07, 6.45) is 11.1.